The number of carbonyl (C=O) groups excluding carboxylic acids is 2. The number of phosphoric acid groups is 2. The van der Waals surface area contributed by atoms with E-state index in [2.05, 4.69) is 0 Å². The molecule has 0 aromatic carbocycles. The van der Waals surface area contributed by atoms with Gasteiger partial charge in [-0.1, -0.05) is 21.6 Å². The number of esters is 2. The SMILES string of the molecule is O=C(CCSSCCC(=O)OCC12COP(=O)(OC1)OC2)OCC12COP(=O)(OC1)OC2. The van der Waals surface area contributed by atoms with E-state index in [1.165, 1.54) is 21.6 Å². The van der Waals surface area contributed by atoms with Crippen LogP contribution in [0.2, 0.25) is 0 Å². The van der Waals surface area contributed by atoms with Crippen molar-refractivity contribution in [3.63, 3.8) is 0 Å². The lowest BCUT2D eigenvalue weighted by Gasteiger charge is -2.43. The molecule has 0 aromatic rings. The van der Waals surface area contributed by atoms with E-state index in [-0.39, 0.29) is 77.6 Å². The minimum atomic E-state index is -3.38. The molecular weight excluding hydrogens is 510 g/mol. The smallest absolute Gasteiger partial charge is 0.465 e. The molecule has 16 heteroatoms. The summed E-state index contributed by atoms with van der Waals surface area (Å²) in [5, 5.41) is 0. The minimum Gasteiger partial charge on any atom is -0.465 e. The third-order valence-electron chi connectivity index (χ3n) is 5.11. The Bertz CT molecular complexity index is 694. The Kier molecular flexibility index (Phi) is 7.98. The van der Waals surface area contributed by atoms with Gasteiger partial charge >= 0.3 is 27.6 Å². The van der Waals surface area contributed by atoms with Gasteiger partial charge in [-0.3, -0.25) is 36.7 Å². The molecule has 0 radical (unpaired) electrons. The molecule has 6 rings (SSSR count). The number of fused-ring (bicyclic) bond motifs is 6. The van der Waals surface area contributed by atoms with Crippen LogP contribution in [0.5, 0.6) is 0 Å². The van der Waals surface area contributed by atoms with Gasteiger partial charge in [0, 0.05) is 11.5 Å². The zero-order valence-electron chi connectivity index (χ0n) is 17.1. The Morgan fingerprint density at radius 3 is 1.28 bits per heavy atom. The normalized spacial score (nSPS) is 37.9. The third kappa shape index (κ3) is 6.29. The molecule has 0 unspecified atom stereocenters. The van der Waals surface area contributed by atoms with Crippen molar-refractivity contribution in [1.29, 1.82) is 0 Å². The highest BCUT2D eigenvalue weighted by Crippen LogP contribution is 2.60. The first-order valence-corrected chi connectivity index (χ1v) is 15.3. The number of ether oxygens (including phenoxy) is 2. The zero-order valence-corrected chi connectivity index (χ0v) is 20.5. The van der Waals surface area contributed by atoms with Gasteiger partial charge in [-0.05, 0) is 0 Å². The van der Waals surface area contributed by atoms with E-state index in [1.54, 1.807) is 0 Å². The summed E-state index contributed by atoms with van der Waals surface area (Å²) in [5.41, 5.74) is -1.22. The lowest BCUT2D eigenvalue weighted by molar-refractivity contribution is -0.160. The highest BCUT2D eigenvalue weighted by atomic mass is 33.1. The number of carbonyl (C=O) groups is 2. The molecule has 6 fully saturated rings. The fourth-order valence-electron chi connectivity index (χ4n) is 3.00. The number of hydrogen-bond donors (Lipinski definition) is 0. The largest absolute Gasteiger partial charge is 0.474 e. The van der Waals surface area contributed by atoms with Crippen molar-refractivity contribution >= 4 is 49.2 Å². The molecule has 6 saturated heterocycles. The molecule has 6 aliphatic heterocycles. The molecule has 32 heavy (non-hydrogen) atoms. The molecule has 0 saturated carbocycles. The Morgan fingerprint density at radius 1 is 0.656 bits per heavy atom. The first-order valence-electron chi connectivity index (χ1n) is 9.87. The van der Waals surface area contributed by atoms with Crippen molar-refractivity contribution in [2.75, 3.05) is 64.4 Å². The van der Waals surface area contributed by atoms with E-state index in [9.17, 15) is 18.7 Å². The molecule has 4 bridgehead atoms. The van der Waals surface area contributed by atoms with Gasteiger partial charge in [0.15, 0.2) is 0 Å². The van der Waals surface area contributed by atoms with Gasteiger partial charge in [0.1, 0.15) is 13.2 Å². The van der Waals surface area contributed by atoms with E-state index in [0.717, 1.165) is 0 Å². The Morgan fingerprint density at radius 2 is 0.969 bits per heavy atom. The fraction of sp³-hybridized carbons (Fsp3) is 0.875. The minimum absolute atomic E-state index is 0.0790. The molecule has 182 valence electrons. The summed E-state index contributed by atoms with van der Waals surface area (Å²) in [6.07, 6.45) is 0.428. The summed E-state index contributed by atoms with van der Waals surface area (Å²) in [4.78, 5) is 23.9. The molecule has 6 aliphatic rings. The average molecular weight is 534 g/mol. The maximum atomic E-state index is 11.9. The maximum absolute atomic E-state index is 11.9. The van der Waals surface area contributed by atoms with Crippen molar-refractivity contribution in [3.05, 3.63) is 0 Å². The third-order valence-corrected chi connectivity index (χ3v) is 10.2. The van der Waals surface area contributed by atoms with E-state index in [0.29, 0.717) is 11.5 Å². The molecule has 0 aromatic heterocycles. The lowest BCUT2D eigenvalue weighted by atomic mass is 9.92. The summed E-state index contributed by atoms with van der Waals surface area (Å²) in [6, 6.07) is 0. The van der Waals surface area contributed by atoms with Crippen molar-refractivity contribution in [2.24, 2.45) is 10.8 Å². The highest BCUT2D eigenvalue weighted by Gasteiger charge is 2.52. The van der Waals surface area contributed by atoms with Crippen molar-refractivity contribution < 1.29 is 55.3 Å². The number of phosphoric ester groups is 2. The van der Waals surface area contributed by atoms with Gasteiger partial charge < -0.3 is 9.47 Å². The van der Waals surface area contributed by atoms with Crippen LogP contribution in [0.15, 0.2) is 0 Å². The van der Waals surface area contributed by atoms with Crippen LogP contribution in [0, 0.1) is 10.8 Å². The van der Waals surface area contributed by atoms with E-state index in [4.69, 9.17) is 36.6 Å². The Hall–Kier alpha value is -0.140. The molecule has 0 aliphatic carbocycles. The van der Waals surface area contributed by atoms with Crippen LogP contribution >= 0.6 is 37.2 Å². The first-order chi connectivity index (χ1) is 15.2. The van der Waals surface area contributed by atoms with Gasteiger partial charge in [0.2, 0.25) is 0 Å². The summed E-state index contributed by atoms with van der Waals surface area (Å²) in [6.45, 7) is 1.20. The monoisotopic (exact) mass is 534 g/mol. The van der Waals surface area contributed by atoms with E-state index in [1.807, 2.05) is 0 Å². The van der Waals surface area contributed by atoms with Gasteiger partial charge in [-0.15, -0.1) is 0 Å². The fourth-order valence-corrected chi connectivity index (χ4v) is 7.98. The Labute approximate surface area is 192 Å². The maximum Gasteiger partial charge on any atom is 0.474 e. The summed E-state index contributed by atoms with van der Waals surface area (Å²) >= 11 is 0. The topological polar surface area (TPSA) is 142 Å². The van der Waals surface area contributed by atoms with Gasteiger partial charge in [-0.2, -0.15) is 0 Å². The van der Waals surface area contributed by atoms with Crippen LogP contribution in [-0.4, -0.2) is 76.3 Å². The van der Waals surface area contributed by atoms with E-state index < -0.39 is 26.5 Å². The quantitative estimate of drug-likeness (QED) is 0.166. The van der Waals surface area contributed by atoms with Crippen LogP contribution in [0.1, 0.15) is 12.8 Å². The molecular formula is C16H24O12P2S2. The van der Waals surface area contributed by atoms with Crippen LogP contribution < -0.4 is 0 Å². The van der Waals surface area contributed by atoms with Crippen LogP contribution in [-0.2, 0) is 55.3 Å². The van der Waals surface area contributed by atoms with Crippen molar-refractivity contribution in [2.45, 2.75) is 12.8 Å². The molecule has 0 atom stereocenters. The average Bonchev–Trinajstić information content (AvgIpc) is 2.81. The van der Waals surface area contributed by atoms with Gasteiger partial charge in [-0.25, -0.2) is 9.13 Å². The predicted molar refractivity (Wildman–Crippen MR) is 112 cm³/mol. The van der Waals surface area contributed by atoms with Crippen LogP contribution in [0.4, 0.5) is 0 Å². The van der Waals surface area contributed by atoms with Gasteiger partial charge in [0.05, 0.1) is 63.3 Å². The number of rotatable bonds is 11. The van der Waals surface area contributed by atoms with Crippen molar-refractivity contribution in [1.82, 2.24) is 0 Å². The number of hydrogen-bond acceptors (Lipinski definition) is 14. The van der Waals surface area contributed by atoms with Crippen molar-refractivity contribution in [3.8, 4) is 0 Å². The van der Waals surface area contributed by atoms with Crippen LogP contribution in [0.3, 0.4) is 0 Å². The molecule has 0 amide bonds. The van der Waals surface area contributed by atoms with E-state index >= 15 is 0 Å². The zero-order chi connectivity index (χ0) is 22.7. The molecule has 12 nitrogen and oxygen atoms in total. The summed E-state index contributed by atoms with van der Waals surface area (Å²) in [5.74, 6) is 0.335. The summed E-state index contributed by atoms with van der Waals surface area (Å²) < 4.78 is 64.3. The van der Waals surface area contributed by atoms with Crippen LogP contribution in [0.25, 0.3) is 0 Å². The standard InChI is InChI=1S/C16H24O12P2S2/c17-13(21-5-15-7-23-29(19,24-8-15)25-9-15)1-3-31-32-4-2-14(18)22-6-16-10-26-30(20,27-11-16)28-12-16/h1-12H2. The second kappa shape index (κ2) is 10.2. The summed E-state index contributed by atoms with van der Waals surface area (Å²) in [7, 11) is -3.84. The molecule has 0 spiro atoms. The molecule has 0 N–H and O–H groups in total. The lowest BCUT2D eigenvalue weighted by Crippen LogP contribution is -2.48. The predicted octanol–water partition coefficient (Wildman–Crippen LogP) is 2.58. The highest BCUT2D eigenvalue weighted by molar-refractivity contribution is 8.76. The van der Waals surface area contributed by atoms with Gasteiger partial charge in [0.25, 0.3) is 0 Å². The second-order valence-corrected chi connectivity index (χ2v) is 14.0. The molecule has 6 heterocycles. The second-order valence-electron chi connectivity index (χ2n) is 8.00. The Balaban J connectivity index is 1.01. The first kappa shape index (κ1) is 25.0.